The maximum Gasteiger partial charge on any atom is 0.311 e. The summed E-state index contributed by atoms with van der Waals surface area (Å²) in [6.07, 6.45) is 2.27. The number of carbonyl (C=O) groups excluding carboxylic acids is 1. The zero-order valence-electron chi connectivity index (χ0n) is 17.0. The van der Waals surface area contributed by atoms with E-state index in [1.165, 1.54) is 0 Å². The Morgan fingerprint density at radius 2 is 1.72 bits per heavy atom. The summed E-state index contributed by atoms with van der Waals surface area (Å²) in [4.78, 5) is 12.0. The highest BCUT2D eigenvalue weighted by molar-refractivity contribution is 6.32. The predicted octanol–water partition coefficient (Wildman–Crippen LogP) is 5.14. The van der Waals surface area contributed by atoms with Gasteiger partial charge in [-0.2, -0.15) is 0 Å². The van der Waals surface area contributed by atoms with Crippen molar-refractivity contribution in [3.63, 3.8) is 0 Å². The van der Waals surface area contributed by atoms with Gasteiger partial charge in [-0.15, -0.1) is 0 Å². The van der Waals surface area contributed by atoms with Crippen molar-refractivity contribution in [1.82, 2.24) is 0 Å². The first-order valence-corrected chi connectivity index (χ1v) is 9.84. The monoisotopic (exact) mass is 420 g/mol. The maximum absolute atomic E-state index is 12.0. The lowest BCUT2D eigenvalue weighted by atomic mass is 9.89. The molecule has 1 atom stereocenters. The quantitative estimate of drug-likeness (QED) is 0.435. The van der Waals surface area contributed by atoms with E-state index in [1.807, 2.05) is 18.2 Å². The molecule has 1 aliphatic heterocycles. The number of fused-ring (bicyclic) bond motifs is 1. The number of hydrogen-bond donors (Lipinski definition) is 0. The van der Waals surface area contributed by atoms with E-state index in [1.54, 1.807) is 27.4 Å². The van der Waals surface area contributed by atoms with Crippen LogP contribution in [-0.4, -0.2) is 27.3 Å². The molecule has 0 aromatic heterocycles. The summed E-state index contributed by atoms with van der Waals surface area (Å²) in [5.74, 6) is 2.45. The molecule has 0 bridgehead atoms. The van der Waals surface area contributed by atoms with Crippen LogP contribution in [0.4, 0.5) is 0 Å². The van der Waals surface area contributed by atoms with E-state index in [9.17, 15) is 4.79 Å². The van der Waals surface area contributed by atoms with Crippen molar-refractivity contribution in [2.24, 2.45) is 0 Å². The van der Waals surface area contributed by atoms with Crippen LogP contribution >= 0.6 is 11.6 Å². The van der Waals surface area contributed by atoms with Crippen molar-refractivity contribution >= 4 is 17.6 Å². The summed E-state index contributed by atoms with van der Waals surface area (Å²) in [5, 5.41) is 0.482. The molecule has 0 spiro atoms. The zero-order chi connectivity index (χ0) is 21.0. The number of esters is 1. The predicted molar refractivity (Wildman–Crippen MR) is 110 cm³/mol. The fraction of sp³-hybridized carbons (Fsp3) is 0.409. The first-order valence-electron chi connectivity index (χ1n) is 9.46. The second-order valence-electron chi connectivity index (χ2n) is 6.81. The van der Waals surface area contributed by atoms with E-state index < -0.39 is 0 Å². The molecule has 1 unspecified atom stereocenters. The van der Waals surface area contributed by atoms with Gasteiger partial charge in [-0.05, 0) is 36.1 Å². The minimum absolute atomic E-state index is 0.123. The number of carbonyl (C=O) groups is 1. The van der Waals surface area contributed by atoms with E-state index >= 15 is 0 Å². The Kier molecular flexibility index (Phi) is 6.75. The second kappa shape index (κ2) is 9.27. The van der Waals surface area contributed by atoms with Crippen LogP contribution in [0.1, 0.15) is 43.2 Å². The first kappa shape index (κ1) is 21.1. The largest absolute Gasteiger partial charge is 0.493 e. The van der Waals surface area contributed by atoms with E-state index in [4.69, 9.17) is 35.3 Å². The molecule has 2 aromatic carbocycles. The highest BCUT2D eigenvalue weighted by Gasteiger charge is 2.28. The average Bonchev–Trinajstić information content (AvgIpc) is 2.72. The van der Waals surface area contributed by atoms with Gasteiger partial charge in [-0.3, -0.25) is 4.79 Å². The Bertz CT molecular complexity index is 870. The molecule has 7 heteroatoms. The van der Waals surface area contributed by atoms with E-state index in [0.717, 1.165) is 24.0 Å². The Morgan fingerprint density at radius 3 is 2.31 bits per heavy atom. The minimum atomic E-state index is -0.228. The number of methoxy groups -OCH3 is 3. The normalized spacial score (nSPS) is 15.3. The molecule has 0 saturated carbocycles. The molecule has 3 rings (SSSR count). The summed E-state index contributed by atoms with van der Waals surface area (Å²) in [6, 6.07) is 7.15. The number of hydrogen-bond acceptors (Lipinski definition) is 6. The van der Waals surface area contributed by atoms with Crippen molar-refractivity contribution in [1.29, 1.82) is 0 Å². The molecule has 0 saturated heterocycles. The Balaban J connectivity index is 1.85. The standard InChI is InChI=1S/C22H25ClO6/c1-5-6-14-9-21(24)29-17-11-18(16(23)10-15(14)17)28-12-13-7-19(25-2)22(27-4)20(8-13)26-3/h7-8,10-11,14H,5-6,9,12H2,1-4H3. The summed E-state index contributed by atoms with van der Waals surface area (Å²) in [6.45, 7) is 2.32. The minimum Gasteiger partial charge on any atom is -0.493 e. The lowest BCUT2D eigenvalue weighted by Gasteiger charge is -2.25. The third-order valence-corrected chi connectivity index (χ3v) is 5.19. The van der Waals surface area contributed by atoms with Gasteiger partial charge in [-0.1, -0.05) is 24.9 Å². The second-order valence-corrected chi connectivity index (χ2v) is 7.21. The van der Waals surface area contributed by atoms with Gasteiger partial charge in [0, 0.05) is 11.6 Å². The Morgan fingerprint density at radius 1 is 1.03 bits per heavy atom. The number of halogens is 1. The molecule has 0 aliphatic carbocycles. The van der Waals surface area contributed by atoms with Gasteiger partial charge in [-0.25, -0.2) is 0 Å². The first-order chi connectivity index (χ1) is 14.0. The maximum atomic E-state index is 12.0. The summed E-state index contributed by atoms with van der Waals surface area (Å²) in [5.41, 5.74) is 1.77. The zero-order valence-corrected chi connectivity index (χ0v) is 17.8. The summed E-state index contributed by atoms with van der Waals surface area (Å²) < 4.78 is 27.4. The molecule has 2 aromatic rings. The van der Waals surface area contributed by atoms with E-state index in [0.29, 0.717) is 40.2 Å². The van der Waals surface area contributed by atoms with Gasteiger partial charge in [0.25, 0.3) is 0 Å². The van der Waals surface area contributed by atoms with Gasteiger partial charge in [0.15, 0.2) is 11.5 Å². The van der Waals surface area contributed by atoms with Crippen molar-refractivity contribution in [2.75, 3.05) is 21.3 Å². The fourth-order valence-electron chi connectivity index (χ4n) is 3.53. The molecule has 0 fully saturated rings. The summed E-state index contributed by atoms with van der Waals surface area (Å²) in [7, 11) is 4.67. The van der Waals surface area contributed by atoms with Crippen molar-refractivity contribution in [2.45, 2.75) is 38.7 Å². The third kappa shape index (κ3) is 4.53. The van der Waals surface area contributed by atoms with Crippen LogP contribution in [0.25, 0.3) is 0 Å². The van der Waals surface area contributed by atoms with Gasteiger partial charge >= 0.3 is 5.97 Å². The van der Waals surface area contributed by atoms with Gasteiger partial charge < -0.3 is 23.7 Å². The summed E-state index contributed by atoms with van der Waals surface area (Å²) >= 11 is 6.46. The Hall–Kier alpha value is -2.60. The van der Waals surface area contributed by atoms with Crippen molar-refractivity contribution in [3.8, 4) is 28.7 Å². The SMILES string of the molecule is CCCC1CC(=O)Oc2cc(OCc3cc(OC)c(OC)c(OC)c3)c(Cl)cc21. The molecule has 0 amide bonds. The molecular weight excluding hydrogens is 396 g/mol. The highest BCUT2D eigenvalue weighted by atomic mass is 35.5. The van der Waals surface area contributed by atoms with E-state index in [-0.39, 0.29) is 18.5 Å². The number of rotatable bonds is 8. The molecule has 6 nitrogen and oxygen atoms in total. The third-order valence-electron chi connectivity index (χ3n) is 4.90. The van der Waals surface area contributed by atoms with Gasteiger partial charge in [0.1, 0.15) is 18.1 Å². The van der Waals surface area contributed by atoms with Crippen LogP contribution in [-0.2, 0) is 11.4 Å². The number of benzene rings is 2. The average molecular weight is 421 g/mol. The lowest BCUT2D eigenvalue weighted by Crippen LogP contribution is -2.20. The Labute approximate surface area is 175 Å². The van der Waals surface area contributed by atoms with Crippen LogP contribution in [0, 0.1) is 0 Å². The van der Waals surface area contributed by atoms with Crippen LogP contribution in [0.2, 0.25) is 5.02 Å². The van der Waals surface area contributed by atoms with Gasteiger partial charge in [0.05, 0.1) is 32.8 Å². The molecule has 1 aliphatic rings. The van der Waals surface area contributed by atoms with Gasteiger partial charge in [0.2, 0.25) is 5.75 Å². The van der Waals surface area contributed by atoms with Crippen LogP contribution in [0.15, 0.2) is 24.3 Å². The molecular formula is C22H25ClO6. The van der Waals surface area contributed by atoms with E-state index in [2.05, 4.69) is 6.92 Å². The molecule has 1 heterocycles. The molecule has 0 radical (unpaired) electrons. The fourth-order valence-corrected chi connectivity index (χ4v) is 3.76. The molecule has 156 valence electrons. The number of ether oxygens (including phenoxy) is 5. The topological polar surface area (TPSA) is 63.2 Å². The van der Waals surface area contributed by atoms with Crippen molar-refractivity contribution < 1.29 is 28.5 Å². The van der Waals surface area contributed by atoms with Crippen LogP contribution in [0.3, 0.4) is 0 Å². The highest BCUT2D eigenvalue weighted by Crippen LogP contribution is 2.43. The van der Waals surface area contributed by atoms with Crippen LogP contribution in [0.5, 0.6) is 28.7 Å². The van der Waals surface area contributed by atoms with Crippen LogP contribution < -0.4 is 23.7 Å². The lowest BCUT2D eigenvalue weighted by molar-refractivity contribution is -0.136. The van der Waals surface area contributed by atoms with Crippen molar-refractivity contribution in [3.05, 3.63) is 40.4 Å². The molecule has 0 N–H and O–H groups in total. The molecule has 29 heavy (non-hydrogen) atoms. The smallest absolute Gasteiger partial charge is 0.311 e.